The Morgan fingerprint density at radius 1 is 1.17 bits per heavy atom. The third-order valence-electron chi connectivity index (χ3n) is 4.98. The number of carbonyl (C=O) groups is 2. The van der Waals surface area contributed by atoms with Gasteiger partial charge >= 0.3 is 0 Å². The number of benzene rings is 1. The molecule has 0 atom stereocenters. The van der Waals surface area contributed by atoms with Crippen molar-refractivity contribution < 1.29 is 9.59 Å². The summed E-state index contributed by atoms with van der Waals surface area (Å²) in [4.78, 5) is 27.0. The fourth-order valence-electron chi connectivity index (χ4n) is 3.42. The topological polar surface area (TPSA) is 104 Å². The highest BCUT2D eigenvalue weighted by Crippen LogP contribution is 2.26. The van der Waals surface area contributed by atoms with E-state index in [9.17, 15) is 9.59 Å². The summed E-state index contributed by atoms with van der Waals surface area (Å²) in [6, 6.07) is 9.38. The minimum Gasteiger partial charge on any atom is -0.337 e. The molecule has 29 heavy (non-hydrogen) atoms. The number of aromatic amines is 1. The van der Waals surface area contributed by atoms with Crippen LogP contribution in [0, 0.1) is 19.8 Å². The summed E-state index contributed by atoms with van der Waals surface area (Å²) < 4.78 is 0. The summed E-state index contributed by atoms with van der Waals surface area (Å²) in [5.41, 5.74) is 2.96. The van der Waals surface area contributed by atoms with E-state index >= 15 is 0 Å². The maximum Gasteiger partial charge on any atom is 0.274 e. The molecule has 2 aromatic heterocycles. The van der Waals surface area contributed by atoms with Gasteiger partial charge in [0, 0.05) is 36.0 Å². The molecular formula is C20H22N6O2S. The molecule has 1 aliphatic rings. The second-order valence-corrected chi connectivity index (χ2v) is 8.38. The van der Waals surface area contributed by atoms with Gasteiger partial charge in [-0.2, -0.15) is 5.10 Å². The Labute approximate surface area is 172 Å². The third-order valence-corrected chi connectivity index (χ3v) is 5.87. The Morgan fingerprint density at radius 2 is 1.97 bits per heavy atom. The number of aromatic nitrogens is 4. The molecule has 150 valence electrons. The van der Waals surface area contributed by atoms with Crippen LogP contribution >= 0.6 is 11.3 Å². The standard InChI is InChI=1S/C20H22N6O2S/c1-12-10-17(24-22-12)20(28)26-8-6-14(7-9-26)18(27)21-16-5-3-4-15(11-16)19-25-23-13(2)29-19/h3-5,10-11,14H,6-9H2,1-2H3,(H,21,27)(H,22,24). The zero-order valence-electron chi connectivity index (χ0n) is 16.3. The molecule has 0 unspecified atom stereocenters. The number of piperidine rings is 1. The molecule has 9 heteroatoms. The maximum absolute atomic E-state index is 12.7. The van der Waals surface area contributed by atoms with E-state index in [1.165, 1.54) is 11.3 Å². The van der Waals surface area contributed by atoms with Crippen LogP contribution in [0.2, 0.25) is 0 Å². The van der Waals surface area contributed by atoms with Gasteiger partial charge in [0.2, 0.25) is 5.91 Å². The van der Waals surface area contributed by atoms with Crippen molar-refractivity contribution in [3.05, 3.63) is 46.7 Å². The summed E-state index contributed by atoms with van der Waals surface area (Å²) in [7, 11) is 0. The molecule has 1 aromatic carbocycles. The molecule has 8 nitrogen and oxygen atoms in total. The van der Waals surface area contributed by atoms with E-state index in [0.717, 1.165) is 27.0 Å². The van der Waals surface area contributed by atoms with Gasteiger partial charge in [0.1, 0.15) is 15.7 Å². The van der Waals surface area contributed by atoms with Gasteiger partial charge in [0.05, 0.1) is 0 Å². The van der Waals surface area contributed by atoms with Gasteiger partial charge in [0.15, 0.2) is 0 Å². The van der Waals surface area contributed by atoms with Crippen LogP contribution in [0.3, 0.4) is 0 Å². The lowest BCUT2D eigenvalue weighted by atomic mass is 9.95. The zero-order chi connectivity index (χ0) is 20.4. The number of likely N-dealkylation sites (tertiary alicyclic amines) is 1. The lowest BCUT2D eigenvalue weighted by Crippen LogP contribution is -2.41. The monoisotopic (exact) mass is 410 g/mol. The summed E-state index contributed by atoms with van der Waals surface area (Å²) >= 11 is 1.52. The van der Waals surface area contributed by atoms with Gasteiger partial charge in [-0.1, -0.05) is 23.5 Å². The van der Waals surface area contributed by atoms with Crippen LogP contribution in [0.15, 0.2) is 30.3 Å². The molecule has 3 heterocycles. The van der Waals surface area contributed by atoms with Crippen LogP contribution in [0.1, 0.15) is 34.0 Å². The number of hydrogen-bond donors (Lipinski definition) is 2. The molecule has 0 aliphatic carbocycles. The van der Waals surface area contributed by atoms with Crippen molar-refractivity contribution in [3.63, 3.8) is 0 Å². The van der Waals surface area contributed by atoms with Gasteiger partial charge in [-0.25, -0.2) is 0 Å². The molecule has 1 fully saturated rings. The molecule has 2 N–H and O–H groups in total. The number of amides is 2. The fourth-order valence-corrected chi connectivity index (χ4v) is 4.11. The van der Waals surface area contributed by atoms with E-state index in [-0.39, 0.29) is 17.7 Å². The smallest absolute Gasteiger partial charge is 0.274 e. The maximum atomic E-state index is 12.7. The third kappa shape index (κ3) is 4.34. The lowest BCUT2D eigenvalue weighted by Gasteiger charge is -2.30. The van der Waals surface area contributed by atoms with Crippen molar-refractivity contribution in [2.45, 2.75) is 26.7 Å². The van der Waals surface area contributed by atoms with Crippen molar-refractivity contribution in [2.24, 2.45) is 5.92 Å². The Kier molecular flexibility index (Phi) is 5.39. The molecule has 1 aliphatic heterocycles. The molecule has 0 spiro atoms. The van der Waals surface area contributed by atoms with Crippen molar-refractivity contribution in [1.29, 1.82) is 0 Å². The number of nitrogens with one attached hydrogen (secondary N) is 2. The SMILES string of the molecule is Cc1cc(C(=O)N2CCC(C(=O)Nc3cccc(-c4nnc(C)s4)c3)CC2)n[nH]1. The number of aryl methyl sites for hydroxylation is 2. The number of nitrogens with zero attached hydrogens (tertiary/aromatic N) is 4. The summed E-state index contributed by atoms with van der Waals surface area (Å²) in [6.45, 7) is 4.87. The molecule has 0 saturated carbocycles. The van der Waals surface area contributed by atoms with Gasteiger partial charge in [-0.05, 0) is 44.9 Å². The van der Waals surface area contributed by atoms with E-state index in [0.29, 0.717) is 31.6 Å². The first-order valence-corrected chi connectivity index (χ1v) is 10.3. The molecular weight excluding hydrogens is 388 g/mol. The second kappa shape index (κ2) is 8.12. The van der Waals surface area contributed by atoms with Crippen LogP contribution < -0.4 is 5.32 Å². The van der Waals surface area contributed by atoms with Crippen LogP contribution in [0.25, 0.3) is 10.6 Å². The average Bonchev–Trinajstić information content (AvgIpc) is 3.36. The zero-order valence-corrected chi connectivity index (χ0v) is 17.1. The first-order valence-electron chi connectivity index (χ1n) is 9.52. The Bertz CT molecular complexity index is 1040. The largest absolute Gasteiger partial charge is 0.337 e. The summed E-state index contributed by atoms with van der Waals surface area (Å²) in [6.07, 6.45) is 1.27. The number of anilines is 1. The van der Waals surface area contributed by atoms with Gasteiger partial charge in [0.25, 0.3) is 5.91 Å². The van der Waals surface area contributed by atoms with E-state index in [4.69, 9.17) is 0 Å². The summed E-state index contributed by atoms with van der Waals surface area (Å²) in [5.74, 6) is -0.223. The van der Waals surface area contributed by atoms with Gasteiger partial charge in [-0.3, -0.25) is 14.7 Å². The highest BCUT2D eigenvalue weighted by Gasteiger charge is 2.28. The van der Waals surface area contributed by atoms with E-state index in [2.05, 4.69) is 25.7 Å². The highest BCUT2D eigenvalue weighted by molar-refractivity contribution is 7.14. The van der Waals surface area contributed by atoms with Crippen LogP contribution in [-0.4, -0.2) is 50.2 Å². The van der Waals surface area contributed by atoms with Gasteiger partial charge in [-0.15, -0.1) is 10.2 Å². The van der Waals surface area contributed by atoms with E-state index < -0.39 is 0 Å². The van der Waals surface area contributed by atoms with Gasteiger partial charge < -0.3 is 10.2 Å². The normalized spacial score (nSPS) is 14.8. The minimum atomic E-state index is -0.118. The predicted octanol–water partition coefficient (Wildman–Crippen LogP) is 3.04. The number of hydrogen-bond acceptors (Lipinski definition) is 6. The molecule has 2 amide bonds. The van der Waals surface area contributed by atoms with E-state index in [1.54, 1.807) is 11.0 Å². The molecule has 1 saturated heterocycles. The molecule has 0 radical (unpaired) electrons. The quantitative estimate of drug-likeness (QED) is 0.688. The highest BCUT2D eigenvalue weighted by atomic mass is 32.1. The minimum absolute atomic E-state index is 0.0155. The first-order chi connectivity index (χ1) is 14.0. The van der Waals surface area contributed by atoms with Crippen molar-refractivity contribution >= 4 is 28.8 Å². The Hall–Kier alpha value is -3.07. The first kappa shape index (κ1) is 19.3. The Morgan fingerprint density at radius 3 is 2.62 bits per heavy atom. The lowest BCUT2D eigenvalue weighted by molar-refractivity contribution is -0.121. The fraction of sp³-hybridized carbons (Fsp3) is 0.350. The van der Waals surface area contributed by atoms with E-state index in [1.807, 2.05) is 38.1 Å². The average molecular weight is 411 g/mol. The van der Waals surface area contributed by atoms with Crippen LogP contribution in [0.5, 0.6) is 0 Å². The molecule has 3 aromatic rings. The summed E-state index contributed by atoms with van der Waals surface area (Å²) in [5, 5.41) is 19.8. The predicted molar refractivity (Wildman–Crippen MR) is 111 cm³/mol. The number of H-pyrrole nitrogens is 1. The second-order valence-electron chi connectivity index (χ2n) is 7.20. The number of carbonyl (C=O) groups excluding carboxylic acids is 2. The van der Waals surface area contributed by atoms with Crippen molar-refractivity contribution in [3.8, 4) is 10.6 Å². The van der Waals surface area contributed by atoms with Crippen LogP contribution in [-0.2, 0) is 4.79 Å². The number of rotatable bonds is 4. The molecule has 0 bridgehead atoms. The molecule has 4 rings (SSSR count). The van der Waals surface area contributed by atoms with Crippen molar-refractivity contribution in [1.82, 2.24) is 25.3 Å². The van der Waals surface area contributed by atoms with Crippen molar-refractivity contribution in [2.75, 3.05) is 18.4 Å². The Balaban J connectivity index is 1.35. The van der Waals surface area contributed by atoms with Crippen LogP contribution in [0.4, 0.5) is 5.69 Å².